The van der Waals surface area contributed by atoms with Gasteiger partial charge in [0.1, 0.15) is 23.3 Å². The highest BCUT2D eigenvalue weighted by Crippen LogP contribution is 2.61. The van der Waals surface area contributed by atoms with Crippen LogP contribution in [0.4, 0.5) is 20.2 Å². The molecule has 0 spiro atoms. The number of fused-ring (bicyclic) bond motifs is 2. The van der Waals surface area contributed by atoms with E-state index in [1.807, 2.05) is 26.0 Å². The zero-order valence-electron chi connectivity index (χ0n) is 18.5. The van der Waals surface area contributed by atoms with Gasteiger partial charge in [0.15, 0.2) is 5.78 Å². The van der Waals surface area contributed by atoms with Crippen molar-refractivity contribution in [2.45, 2.75) is 44.8 Å². The Labute approximate surface area is 190 Å². The first-order chi connectivity index (χ1) is 15.6. The minimum absolute atomic E-state index is 0.145. The number of benzene rings is 3. The van der Waals surface area contributed by atoms with Gasteiger partial charge >= 0.3 is 0 Å². The second kappa shape index (κ2) is 7.47. The number of carbonyl (C=O) groups is 1. The van der Waals surface area contributed by atoms with Crippen LogP contribution in [-0.4, -0.2) is 21.6 Å². The molecule has 1 saturated carbocycles. The van der Waals surface area contributed by atoms with Crippen molar-refractivity contribution in [2.24, 2.45) is 5.41 Å². The maximum Gasteiger partial charge on any atom is 0.193 e. The minimum Gasteiger partial charge on any atom is -0.386 e. The Hall–Kier alpha value is -3.09. The normalized spacial score (nSPS) is 21.6. The molecule has 6 heteroatoms. The van der Waals surface area contributed by atoms with Crippen molar-refractivity contribution in [3.05, 3.63) is 94.0 Å². The molecule has 3 aromatic carbocycles. The average Bonchev–Trinajstić information content (AvgIpc) is 3.35. The fourth-order valence-electron chi connectivity index (χ4n) is 4.83. The van der Waals surface area contributed by atoms with Crippen molar-refractivity contribution in [1.29, 1.82) is 0 Å². The number of aliphatic hydroxyl groups excluding tert-OH is 1. The van der Waals surface area contributed by atoms with E-state index in [-0.39, 0.29) is 16.9 Å². The summed E-state index contributed by atoms with van der Waals surface area (Å²) in [7, 11) is 0. The van der Waals surface area contributed by atoms with E-state index in [9.17, 15) is 23.8 Å². The van der Waals surface area contributed by atoms with Crippen molar-refractivity contribution in [1.82, 2.24) is 0 Å². The fourth-order valence-corrected chi connectivity index (χ4v) is 4.83. The van der Waals surface area contributed by atoms with Gasteiger partial charge in [-0.1, -0.05) is 26.0 Å². The molecule has 0 amide bonds. The van der Waals surface area contributed by atoms with Gasteiger partial charge < -0.3 is 15.5 Å². The topological polar surface area (TPSA) is 69.6 Å². The molecular weight excluding hydrogens is 424 g/mol. The van der Waals surface area contributed by atoms with Gasteiger partial charge in [-0.15, -0.1) is 0 Å². The van der Waals surface area contributed by atoms with E-state index in [0.29, 0.717) is 41.6 Å². The third-order valence-corrected chi connectivity index (χ3v) is 7.13. The Morgan fingerprint density at radius 3 is 2.36 bits per heavy atom. The van der Waals surface area contributed by atoms with E-state index in [4.69, 9.17) is 0 Å². The van der Waals surface area contributed by atoms with Crippen molar-refractivity contribution in [2.75, 3.05) is 5.32 Å². The molecule has 0 aliphatic heterocycles. The number of ketones is 1. The van der Waals surface area contributed by atoms with Gasteiger partial charge in [-0.25, -0.2) is 8.78 Å². The Kier molecular flexibility index (Phi) is 4.92. The molecule has 2 atom stereocenters. The molecule has 5 rings (SSSR count). The van der Waals surface area contributed by atoms with Crippen molar-refractivity contribution < 1.29 is 23.8 Å². The first kappa shape index (κ1) is 21.7. The molecule has 0 heterocycles. The number of aliphatic hydroxyl groups is 2. The van der Waals surface area contributed by atoms with Gasteiger partial charge in [-0.2, -0.15) is 0 Å². The fraction of sp³-hybridized carbons (Fsp3) is 0.296. The Morgan fingerprint density at radius 1 is 0.939 bits per heavy atom. The Morgan fingerprint density at radius 2 is 1.67 bits per heavy atom. The van der Waals surface area contributed by atoms with Gasteiger partial charge in [0.25, 0.3) is 0 Å². The summed E-state index contributed by atoms with van der Waals surface area (Å²) in [6, 6.07) is 13.9. The Balaban J connectivity index is 1.44. The zero-order valence-corrected chi connectivity index (χ0v) is 18.5. The predicted octanol–water partition coefficient (Wildman–Crippen LogP) is 5.23. The van der Waals surface area contributed by atoms with Crippen LogP contribution < -0.4 is 5.32 Å². The number of nitrogens with one attached hydrogen (secondary N) is 1. The summed E-state index contributed by atoms with van der Waals surface area (Å²) in [6.07, 6.45) is 0.688. The summed E-state index contributed by atoms with van der Waals surface area (Å²) in [5, 5.41) is 24.5. The number of hydrogen-bond acceptors (Lipinski definition) is 4. The van der Waals surface area contributed by atoms with Crippen LogP contribution in [0.2, 0.25) is 0 Å². The molecule has 0 aromatic heterocycles. The summed E-state index contributed by atoms with van der Waals surface area (Å²) in [6.45, 7) is 3.81. The highest BCUT2D eigenvalue weighted by atomic mass is 19.1. The van der Waals surface area contributed by atoms with E-state index in [2.05, 4.69) is 5.32 Å². The average molecular weight is 449 g/mol. The van der Waals surface area contributed by atoms with E-state index in [1.165, 1.54) is 12.1 Å². The predicted molar refractivity (Wildman–Crippen MR) is 122 cm³/mol. The maximum atomic E-state index is 14.0. The van der Waals surface area contributed by atoms with Gasteiger partial charge in [-0.05, 0) is 77.8 Å². The van der Waals surface area contributed by atoms with Crippen LogP contribution in [-0.2, 0) is 12.8 Å². The molecular formula is C27H25F2NO3. The summed E-state index contributed by atoms with van der Waals surface area (Å²) >= 11 is 0. The molecule has 0 bridgehead atoms. The first-order valence-electron chi connectivity index (χ1n) is 11.0. The molecule has 0 saturated heterocycles. The van der Waals surface area contributed by atoms with E-state index >= 15 is 0 Å². The van der Waals surface area contributed by atoms with E-state index in [0.717, 1.165) is 17.2 Å². The van der Waals surface area contributed by atoms with Gasteiger partial charge in [0.05, 0.1) is 5.69 Å². The lowest BCUT2D eigenvalue weighted by atomic mass is 9.91. The quantitative estimate of drug-likeness (QED) is 0.510. The van der Waals surface area contributed by atoms with Gasteiger partial charge in [0, 0.05) is 22.9 Å². The third kappa shape index (κ3) is 3.63. The monoisotopic (exact) mass is 449 g/mol. The van der Waals surface area contributed by atoms with Crippen molar-refractivity contribution >= 4 is 17.2 Å². The standard InChI is InChI=1S/C27H25F2NO3/c1-26(2)14-27(26,33)25(32)17-6-4-15-3-5-16-11-19(8-9-20(16)24(31)21(15)12-17)30-23-10-7-18(28)13-22(23)29/h4,6-13,25,30,32-33H,3,5,14H2,1-2H3/t25?,27-/m1/s1. The lowest BCUT2D eigenvalue weighted by molar-refractivity contribution is -0.0260. The minimum atomic E-state index is -1.19. The number of halogens is 2. The highest BCUT2D eigenvalue weighted by Gasteiger charge is 2.64. The van der Waals surface area contributed by atoms with Crippen LogP contribution in [0.3, 0.4) is 0 Å². The SMILES string of the molecule is CC1(C)C[C@@]1(O)C(O)c1ccc2c(c1)C(=O)c1ccc(Nc3ccc(F)cc3F)cc1CC2. The van der Waals surface area contributed by atoms with Crippen LogP contribution in [0.5, 0.6) is 0 Å². The van der Waals surface area contributed by atoms with Crippen LogP contribution in [0.15, 0.2) is 54.6 Å². The van der Waals surface area contributed by atoms with E-state index < -0.39 is 23.3 Å². The number of aryl methyl sites for hydroxylation is 2. The van der Waals surface area contributed by atoms with Crippen LogP contribution in [0, 0.1) is 17.0 Å². The molecule has 1 unspecified atom stereocenters. The highest BCUT2D eigenvalue weighted by molar-refractivity contribution is 6.11. The van der Waals surface area contributed by atoms with Crippen molar-refractivity contribution in [3.8, 4) is 0 Å². The largest absolute Gasteiger partial charge is 0.386 e. The lowest BCUT2D eigenvalue weighted by Crippen LogP contribution is -2.26. The van der Waals surface area contributed by atoms with Gasteiger partial charge in [-0.3, -0.25) is 4.79 Å². The number of anilines is 2. The van der Waals surface area contributed by atoms with E-state index in [1.54, 1.807) is 24.3 Å². The molecule has 3 N–H and O–H groups in total. The second-order valence-electron chi connectivity index (χ2n) is 9.75. The van der Waals surface area contributed by atoms with Crippen LogP contribution in [0.1, 0.15) is 59.0 Å². The molecule has 3 aromatic rings. The third-order valence-electron chi connectivity index (χ3n) is 7.13. The summed E-state index contributed by atoms with van der Waals surface area (Å²) < 4.78 is 27.2. The molecule has 33 heavy (non-hydrogen) atoms. The molecule has 0 radical (unpaired) electrons. The number of hydrogen-bond donors (Lipinski definition) is 3. The molecule has 4 nitrogen and oxygen atoms in total. The second-order valence-corrected chi connectivity index (χ2v) is 9.75. The van der Waals surface area contributed by atoms with Crippen LogP contribution in [0.25, 0.3) is 0 Å². The first-order valence-corrected chi connectivity index (χ1v) is 11.0. The summed E-state index contributed by atoms with van der Waals surface area (Å²) in [5.41, 5.74) is 2.51. The lowest BCUT2D eigenvalue weighted by Gasteiger charge is -2.22. The summed E-state index contributed by atoms with van der Waals surface area (Å²) in [5.74, 6) is -1.49. The summed E-state index contributed by atoms with van der Waals surface area (Å²) in [4.78, 5) is 13.4. The number of carbonyl (C=O) groups excluding carboxylic acids is 1. The van der Waals surface area contributed by atoms with Crippen molar-refractivity contribution in [3.63, 3.8) is 0 Å². The number of rotatable bonds is 4. The van der Waals surface area contributed by atoms with Crippen LogP contribution >= 0.6 is 0 Å². The maximum absolute atomic E-state index is 14.0. The molecule has 2 aliphatic carbocycles. The molecule has 2 aliphatic rings. The molecule has 170 valence electrons. The molecule has 1 fully saturated rings. The van der Waals surface area contributed by atoms with Gasteiger partial charge in [0.2, 0.25) is 0 Å². The zero-order chi connectivity index (χ0) is 23.5. The smallest absolute Gasteiger partial charge is 0.193 e. The Bertz CT molecular complexity index is 1290.